The van der Waals surface area contributed by atoms with Crippen molar-refractivity contribution in [3.63, 3.8) is 0 Å². The van der Waals surface area contributed by atoms with E-state index in [1.165, 1.54) is 32.1 Å². The molecule has 2 rings (SSSR count). The summed E-state index contributed by atoms with van der Waals surface area (Å²) in [5.74, 6) is 0. The summed E-state index contributed by atoms with van der Waals surface area (Å²) in [6, 6.07) is 10.4. The van der Waals surface area contributed by atoms with Gasteiger partial charge in [-0.15, -0.1) is 0 Å². The molecule has 2 N–H and O–H groups in total. The van der Waals surface area contributed by atoms with Crippen molar-refractivity contribution in [1.29, 1.82) is 0 Å². The van der Waals surface area contributed by atoms with E-state index in [4.69, 9.17) is 0 Å². The Morgan fingerprint density at radius 1 is 1.05 bits per heavy atom. The van der Waals surface area contributed by atoms with Crippen molar-refractivity contribution in [3.8, 4) is 0 Å². The van der Waals surface area contributed by atoms with Crippen molar-refractivity contribution in [1.82, 2.24) is 4.90 Å². The summed E-state index contributed by atoms with van der Waals surface area (Å²) in [5.41, 5.74) is 0.986. The van der Waals surface area contributed by atoms with Crippen LogP contribution in [0.25, 0.3) is 0 Å². The molecular weight excluding hydrogens is 250 g/mol. The van der Waals surface area contributed by atoms with E-state index in [9.17, 15) is 10.2 Å². The fourth-order valence-electron chi connectivity index (χ4n) is 3.18. The van der Waals surface area contributed by atoms with Gasteiger partial charge in [-0.25, -0.2) is 0 Å². The maximum absolute atomic E-state index is 10.2. The van der Waals surface area contributed by atoms with Crippen molar-refractivity contribution >= 4 is 0 Å². The van der Waals surface area contributed by atoms with Gasteiger partial charge in [0.15, 0.2) is 0 Å². The van der Waals surface area contributed by atoms with Crippen LogP contribution in [0.5, 0.6) is 0 Å². The number of aliphatic hydroxyl groups excluding tert-OH is 2. The van der Waals surface area contributed by atoms with Crippen LogP contribution in [0.15, 0.2) is 30.3 Å². The van der Waals surface area contributed by atoms with Crippen LogP contribution in [0, 0.1) is 0 Å². The Hall–Kier alpha value is -0.900. The van der Waals surface area contributed by atoms with Gasteiger partial charge in [0, 0.05) is 19.1 Å². The van der Waals surface area contributed by atoms with E-state index in [1.54, 1.807) is 0 Å². The first-order valence-corrected chi connectivity index (χ1v) is 7.89. The first-order chi connectivity index (χ1) is 9.81. The van der Waals surface area contributed by atoms with E-state index >= 15 is 0 Å². The molecular formula is C17H27NO2. The average Bonchev–Trinajstić information content (AvgIpc) is 2.53. The lowest BCUT2D eigenvalue weighted by Gasteiger charge is -2.34. The lowest BCUT2D eigenvalue weighted by Crippen LogP contribution is -2.39. The highest BCUT2D eigenvalue weighted by Crippen LogP contribution is 2.24. The lowest BCUT2D eigenvalue weighted by molar-refractivity contribution is 0.0923. The molecule has 1 aromatic rings. The van der Waals surface area contributed by atoms with Crippen LogP contribution < -0.4 is 0 Å². The fourth-order valence-corrected chi connectivity index (χ4v) is 3.18. The number of nitrogens with zero attached hydrogens (tertiary/aromatic N) is 1. The molecule has 1 saturated carbocycles. The van der Waals surface area contributed by atoms with E-state index in [0.717, 1.165) is 25.1 Å². The predicted molar refractivity (Wildman–Crippen MR) is 81.6 cm³/mol. The van der Waals surface area contributed by atoms with E-state index in [1.807, 2.05) is 30.3 Å². The number of hydrogen-bond donors (Lipinski definition) is 2. The molecule has 1 atom stereocenters. The number of benzene rings is 1. The minimum atomic E-state index is -0.402. The molecule has 0 radical (unpaired) electrons. The number of rotatable bonds is 7. The zero-order chi connectivity index (χ0) is 14.2. The smallest absolute Gasteiger partial charge is 0.0802 e. The summed E-state index contributed by atoms with van der Waals surface area (Å²) >= 11 is 0. The van der Waals surface area contributed by atoms with Gasteiger partial charge in [0.2, 0.25) is 0 Å². The van der Waals surface area contributed by atoms with E-state index in [2.05, 4.69) is 4.90 Å². The zero-order valence-corrected chi connectivity index (χ0v) is 12.2. The van der Waals surface area contributed by atoms with Gasteiger partial charge < -0.3 is 10.2 Å². The summed E-state index contributed by atoms with van der Waals surface area (Å²) in [5, 5.41) is 19.5. The molecule has 0 bridgehead atoms. The molecule has 1 unspecified atom stereocenters. The molecule has 112 valence electrons. The molecule has 3 nitrogen and oxygen atoms in total. The Morgan fingerprint density at radius 3 is 2.40 bits per heavy atom. The van der Waals surface area contributed by atoms with Gasteiger partial charge in [0.05, 0.1) is 12.7 Å². The van der Waals surface area contributed by atoms with Crippen LogP contribution in [0.1, 0.15) is 50.2 Å². The van der Waals surface area contributed by atoms with Crippen molar-refractivity contribution in [2.75, 3.05) is 19.7 Å². The van der Waals surface area contributed by atoms with E-state index in [-0.39, 0.29) is 6.61 Å². The summed E-state index contributed by atoms with van der Waals surface area (Å²) in [6.45, 7) is 1.80. The van der Waals surface area contributed by atoms with E-state index in [0.29, 0.717) is 6.04 Å². The summed E-state index contributed by atoms with van der Waals surface area (Å²) < 4.78 is 0. The highest BCUT2D eigenvalue weighted by Gasteiger charge is 2.21. The second-order valence-corrected chi connectivity index (χ2v) is 5.77. The van der Waals surface area contributed by atoms with Gasteiger partial charge in [-0.1, -0.05) is 49.6 Å². The molecule has 0 amide bonds. The largest absolute Gasteiger partial charge is 0.395 e. The van der Waals surface area contributed by atoms with Gasteiger partial charge in [0.25, 0.3) is 0 Å². The van der Waals surface area contributed by atoms with Crippen molar-refractivity contribution < 1.29 is 10.2 Å². The molecule has 0 saturated heterocycles. The molecule has 1 aliphatic rings. The van der Waals surface area contributed by atoms with Crippen LogP contribution in [-0.4, -0.2) is 40.9 Å². The number of hydrogen-bond acceptors (Lipinski definition) is 3. The lowest BCUT2D eigenvalue weighted by atomic mass is 9.93. The topological polar surface area (TPSA) is 43.7 Å². The van der Waals surface area contributed by atoms with Crippen LogP contribution in [-0.2, 0) is 0 Å². The number of aliphatic hydroxyl groups is 2. The molecule has 3 heteroatoms. The Kier molecular flexibility index (Phi) is 6.51. The van der Waals surface area contributed by atoms with Crippen LogP contribution in [0.4, 0.5) is 0 Å². The van der Waals surface area contributed by atoms with Gasteiger partial charge in [-0.2, -0.15) is 0 Å². The Bertz CT molecular complexity index is 363. The third kappa shape index (κ3) is 4.58. The summed E-state index contributed by atoms with van der Waals surface area (Å²) in [4.78, 5) is 2.37. The Balaban J connectivity index is 1.85. The highest BCUT2D eigenvalue weighted by molar-refractivity contribution is 5.17. The third-order valence-electron chi connectivity index (χ3n) is 4.35. The Morgan fingerprint density at radius 2 is 1.75 bits per heavy atom. The van der Waals surface area contributed by atoms with E-state index < -0.39 is 6.10 Å². The SMILES string of the molecule is OCCN(CCC(O)c1ccccc1)C1CCCCC1. The summed E-state index contributed by atoms with van der Waals surface area (Å²) in [7, 11) is 0. The van der Waals surface area contributed by atoms with Crippen molar-refractivity contribution in [2.24, 2.45) is 0 Å². The molecule has 0 heterocycles. The molecule has 0 aromatic heterocycles. The normalized spacial score (nSPS) is 18.4. The first kappa shape index (κ1) is 15.5. The quantitative estimate of drug-likeness (QED) is 0.805. The standard InChI is InChI=1S/C17H27NO2/c19-14-13-18(16-9-5-2-6-10-16)12-11-17(20)15-7-3-1-4-8-15/h1,3-4,7-8,16-17,19-20H,2,5-6,9-14H2. The minimum absolute atomic E-state index is 0.206. The maximum atomic E-state index is 10.2. The van der Waals surface area contributed by atoms with Crippen LogP contribution >= 0.6 is 0 Å². The first-order valence-electron chi connectivity index (χ1n) is 7.89. The predicted octanol–water partition coefficient (Wildman–Crippen LogP) is 2.74. The second kappa shape index (κ2) is 8.40. The zero-order valence-electron chi connectivity index (χ0n) is 12.2. The third-order valence-corrected chi connectivity index (χ3v) is 4.35. The molecule has 1 aromatic carbocycles. The molecule has 20 heavy (non-hydrogen) atoms. The van der Waals surface area contributed by atoms with Gasteiger partial charge in [-0.3, -0.25) is 4.90 Å². The fraction of sp³-hybridized carbons (Fsp3) is 0.647. The van der Waals surface area contributed by atoms with Gasteiger partial charge in [-0.05, 0) is 24.8 Å². The maximum Gasteiger partial charge on any atom is 0.0802 e. The minimum Gasteiger partial charge on any atom is -0.395 e. The van der Waals surface area contributed by atoms with Crippen LogP contribution in [0.3, 0.4) is 0 Å². The van der Waals surface area contributed by atoms with Gasteiger partial charge >= 0.3 is 0 Å². The molecule has 0 spiro atoms. The average molecular weight is 277 g/mol. The Labute approximate surface area is 122 Å². The van der Waals surface area contributed by atoms with Crippen molar-refractivity contribution in [2.45, 2.75) is 50.7 Å². The molecule has 1 fully saturated rings. The van der Waals surface area contributed by atoms with Crippen molar-refractivity contribution in [3.05, 3.63) is 35.9 Å². The second-order valence-electron chi connectivity index (χ2n) is 5.77. The van der Waals surface area contributed by atoms with Gasteiger partial charge in [0.1, 0.15) is 0 Å². The highest BCUT2D eigenvalue weighted by atomic mass is 16.3. The monoisotopic (exact) mass is 277 g/mol. The van der Waals surface area contributed by atoms with Crippen LogP contribution in [0.2, 0.25) is 0 Å². The molecule has 0 aliphatic heterocycles. The summed E-state index contributed by atoms with van der Waals surface area (Å²) in [6.07, 6.45) is 6.75. The molecule has 1 aliphatic carbocycles.